The van der Waals surface area contributed by atoms with Gasteiger partial charge in [-0.15, -0.1) is 0 Å². The van der Waals surface area contributed by atoms with Crippen LogP contribution >= 0.6 is 0 Å². The molecule has 1 aromatic rings. The molecule has 2 atom stereocenters. The molecule has 4 rings (SSSR count). The summed E-state index contributed by atoms with van der Waals surface area (Å²) in [6, 6.07) is 8.27. The van der Waals surface area contributed by atoms with Crippen molar-refractivity contribution >= 4 is 11.8 Å². The fraction of sp³-hybridized carbons (Fsp3) is 0.524. The zero-order chi connectivity index (χ0) is 18.8. The van der Waals surface area contributed by atoms with Crippen LogP contribution in [0.15, 0.2) is 36.4 Å². The van der Waals surface area contributed by atoms with Crippen LogP contribution in [0.4, 0.5) is 0 Å². The average molecular weight is 371 g/mol. The minimum atomic E-state index is -0.108. The number of amides is 2. The Hall–Kier alpha value is -2.18. The average Bonchev–Trinajstić information content (AvgIpc) is 2.95. The third-order valence-corrected chi connectivity index (χ3v) is 6.26. The molecule has 0 bridgehead atoms. The molecule has 2 aliphatic heterocycles. The predicted molar refractivity (Wildman–Crippen MR) is 100 cm³/mol. The zero-order valence-electron chi connectivity index (χ0n) is 15.9. The first-order valence-electron chi connectivity index (χ1n) is 9.96. The number of benzene rings is 1. The lowest BCUT2D eigenvalue weighted by atomic mass is 9.85. The maximum atomic E-state index is 12.6. The van der Waals surface area contributed by atoms with Crippen molar-refractivity contribution in [3.63, 3.8) is 0 Å². The summed E-state index contributed by atoms with van der Waals surface area (Å²) in [7, 11) is 1.68. The number of hydrogen-bond donors (Lipinski definition) is 2. The quantitative estimate of drug-likeness (QED) is 0.510. The van der Waals surface area contributed by atoms with Crippen LogP contribution < -0.4 is 14.5 Å². The number of likely N-dealkylation sites (tertiary alicyclic amines) is 1. The zero-order valence-corrected chi connectivity index (χ0v) is 15.9. The number of rotatable bonds is 5. The lowest BCUT2D eigenvalue weighted by molar-refractivity contribution is -1.02. The number of piperazine rings is 1. The standard InChI is InChI=1S/C21H27N3O3/c1-27-17-8-6-16(7-9-17)14-22-10-12-23(13-11-22)15-24-20(25)18-4-2-3-5-19(18)21(24)26/h2-3,6-9,18-19H,4-5,10-15H2,1H3/p+2/t18-,19-/m1/s1. The van der Waals surface area contributed by atoms with Gasteiger partial charge in [0, 0.05) is 5.56 Å². The fourth-order valence-corrected chi connectivity index (χ4v) is 4.57. The van der Waals surface area contributed by atoms with E-state index >= 15 is 0 Å². The number of carbonyl (C=O) groups excluding carboxylic acids is 2. The van der Waals surface area contributed by atoms with E-state index in [1.54, 1.807) is 16.9 Å². The molecule has 0 unspecified atom stereocenters. The van der Waals surface area contributed by atoms with Crippen LogP contribution in [-0.2, 0) is 16.1 Å². The molecule has 2 N–H and O–H groups in total. The first-order chi connectivity index (χ1) is 13.2. The molecule has 2 fully saturated rings. The second-order valence-corrected chi connectivity index (χ2v) is 7.94. The summed E-state index contributed by atoms with van der Waals surface area (Å²) in [5, 5.41) is 0. The van der Waals surface area contributed by atoms with Crippen molar-refractivity contribution in [2.75, 3.05) is 40.0 Å². The topological polar surface area (TPSA) is 55.5 Å². The summed E-state index contributed by atoms with van der Waals surface area (Å²) in [6.07, 6.45) is 5.54. The molecule has 2 amide bonds. The fourth-order valence-electron chi connectivity index (χ4n) is 4.57. The summed E-state index contributed by atoms with van der Waals surface area (Å²) in [5.74, 6) is 0.774. The predicted octanol–water partition coefficient (Wildman–Crippen LogP) is -1.11. The number of hydrogen-bond acceptors (Lipinski definition) is 3. The molecule has 2 heterocycles. The minimum absolute atomic E-state index is 0.0508. The van der Waals surface area contributed by atoms with E-state index in [1.807, 2.05) is 24.3 Å². The number of fused-ring (bicyclic) bond motifs is 1. The van der Waals surface area contributed by atoms with Crippen LogP contribution in [0.5, 0.6) is 5.75 Å². The number of imide groups is 1. The second kappa shape index (κ2) is 7.82. The highest BCUT2D eigenvalue weighted by Gasteiger charge is 2.48. The molecule has 3 aliphatic rings. The van der Waals surface area contributed by atoms with E-state index in [0.29, 0.717) is 6.67 Å². The van der Waals surface area contributed by atoms with Gasteiger partial charge in [0.15, 0.2) is 6.67 Å². The van der Waals surface area contributed by atoms with Crippen molar-refractivity contribution in [1.82, 2.24) is 4.90 Å². The lowest BCUT2D eigenvalue weighted by Gasteiger charge is -2.31. The lowest BCUT2D eigenvalue weighted by Crippen LogP contribution is -3.28. The molecule has 27 heavy (non-hydrogen) atoms. The van der Waals surface area contributed by atoms with E-state index in [4.69, 9.17) is 4.74 Å². The number of allylic oxidation sites excluding steroid dienone is 2. The van der Waals surface area contributed by atoms with E-state index in [1.165, 1.54) is 10.5 Å². The smallest absolute Gasteiger partial charge is 0.237 e. The number of nitrogens with one attached hydrogen (secondary N) is 2. The van der Waals surface area contributed by atoms with Gasteiger partial charge in [-0.25, -0.2) is 4.90 Å². The molecule has 6 heteroatoms. The summed E-state index contributed by atoms with van der Waals surface area (Å²) in [6.45, 7) is 5.67. The summed E-state index contributed by atoms with van der Waals surface area (Å²) < 4.78 is 5.22. The molecule has 0 spiro atoms. The van der Waals surface area contributed by atoms with Crippen LogP contribution in [0, 0.1) is 11.8 Å². The molecular formula is C21H29N3O3+2. The number of methoxy groups -OCH3 is 1. The SMILES string of the molecule is COc1ccc(C[NH+]2CC[NH+](CN3C(=O)[C@@H]4CC=CC[C@H]4C3=O)CC2)cc1. The Balaban J connectivity index is 1.28. The van der Waals surface area contributed by atoms with Gasteiger partial charge in [0.1, 0.15) is 38.5 Å². The molecule has 0 radical (unpaired) electrons. The molecule has 0 aromatic heterocycles. The summed E-state index contributed by atoms with van der Waals surface area (Å²) >= 11 is 0. The maximum absolute atomic E-state index is 12.6. The molecular weight excluding hydrogens is 342 g/mol. The van der Waals surface area contributed by atoms with Crippen molar-refractivity contribution < 1.29 is 24.1 Å². The molecule has 6 nitrogen and oxygen atoms in total. The highest BCUT2D eigenvalue weighted by atomic mass is 16.5. The van der Waals surface area contributed by atoms with E-state index in [9.17, 15) is 9.59 Å². The van der Waals surface area contributed by atoms with Crippen molar-refractivity contribution in [1.29, 1.82) is 0 Å². The van der Waals surface area contributed by atoms with Crippen LogP contribution in [0.2, 0.25) is 0 Å². The van der Waals surface area contributed by atoms with Crippen LogP contribution in [-0.4, -0.2) is 56.7 Å². The van der Waals surface area contributed by atoms with Crippen molar-refractivity contribution in [3.8, 4) is 5.75 Å². The highest BCUT2D eigenvalue weighted by Crippen LogP contribution is 2.34. The Morgan fingerprint density at radius 1 is 0.926 bits per heavy atom. The van der Waals surface area contributed by atoms with Gasteiger partial charge in [-0.3, -0.25) is 9.59 Å². The molecule has 2 saturated heterocycles. The van der Waals surface area contributed by atoms with Gasteiger partial charge in [-0.1, -0.05) is 12.2 Å². The third kappa shape index (κ3) is 3.77. The molecule has 0 saturated carbocycles. The first kappa shape index (κ1) is 18.2. The number of carbonyl (C=O) groups is 2. The van der Waals surface area contributed by atoms with E-state index in [0.717, 1.165) is 51.3 Å². The van der Waals surface area contributed by atoms with Gasteiger partial charge in [0.25, 0.3) is 0 Å². The second-order valence-electron chi connectivity index (χ2n) is 7.94. The Bertz CT molecular complexity index is 697. The van der Waals surface area contributed by atoms with Gasteiger partial charge < -0.3 is 14.5 Å². The Labute approximate surface area is 160 Å². The van der Waals surface area contributed by atoms with Crippen molar-refractivity contribution in [2.45, 2.75) is 19.4 Å². The van der Waals surface area contributed by atoms with Crippen LogP contribution in [0.25, 0.3) is 0 Å². The van der Waals surface area contributed by atoms with Crippen LogP contribution in [0.3, 0.4) is 0 Å². The number of quaternary nitrogens is 2. The highest BCUT2D eigenvalue weighted by molar-refractivity contribution is 6.05. The normalized spacial score (nSPS) is 30.5. The summed E-state index contributed by atoms with van der Waals surface area (Å²) in [5.41, 5.74) is 1.32. The molecule has 144 valence electrons. The molecule has 1 aromatic carbocycles. The van der Waals surface area contributed by atoms with Crippen LogP contribution in [0.1, 0.15) is 18.4 Å². The van der Waals surface area contributed by atoms with Gasteiger partial charge in [0.05, 0.1) is 18.9 Å². The largest absolute Gasteiger partial charge is 0.497 e. The van der Waals surface area contributed by atoms with Gasteiger partial charge >= 0.3 is 0 Å². The van der Waals surface area contributed by atoms with Gasteiger partial charge in [0.2, 0.25) is 11.8 Å². The van der Waals surface area contributed by atoms with Gasteiger partial charge in [-0.05, 0) is 37.1 Å². The maximum Gasteiger partial charge on any atom is 0.237 e. The monoisotopic (exact) mass is 371 g/mol. The number of nitrogens with zero attached hydrogens (tertiary/aromatic N) is 1. The molecule has 1 aliphatic carbocycles. The minimum Gasteiger partial charge on any atom is -0.497 e. The number of ether oxygens (including phenoxy) is 1. The van der Waals surface area contributed by atoms with Gasteiger partial charge in [-0.2, -0.15) is 0 Å². The Kier molecular flexibility index (Phi) is 5.27. The van der Waals surface area contributed by atoms with E-state index in [2.05, 4.69) is 12.1 Å². The van der Waals surface area contributed by atoms with Crippen molar-refractivity contribution in [3.05, 3.63) is 42.0 Å². The Morgan fingerprint density at radius 2 is 1.48 bits per heavy atom. The van der Waals surface area contributed by atoms with E-state index in [-0.39, 0.29) is 23.7 Å². The van der Waals surface area contributed by atoms with E-state index < -0.39 is 0 Å². The third-order valence-electron chi connectivity index (χ3n) is 6.26. The summed E-state index contributed by atoms with van der Waals surface area (Å²) in [4.78, 5) is 29.7. The van der Waals surface area contributed by atoms with Crippen molar-refractivity contribution in [2.24, 2.45) is 11.8 Å². The first-order valence-corrected chi connectivity index (χ1v) is 9.96. The Morgan fingerprint density at radius 3 is 2.04 bits per heavy atom.